The number of rotatable bonds is 6. The molecule has 0 spiro atoms. The molecule has 64 heavy (non-hydrogen) atoms. The minimum atomic E-state index is 0.601. The van der Waals surface area contributed by atoms with Crippen molar-refractivity contribution in [2.45, 2.75) is 0 Å². The third-order valence-electron chi connectivity index (χ3n) is 12.6. The number of fused-ring (bicyclic) bond motifs is 10. The normalized spacial score (nSPS) is 11.8. The Kier molecular flexibility index (Phi) is 8.15. The first-order valence-corrected chi connectivity index (χ1v) is 21.6. The molecule has 0 N–H and O–H groups in total. The lowest BCUT2D eigenvalue weighted by Gasteiger charge is -2.14. The van der Waals surface area contributed by atoms with E-state index in [0.29, 0.717) is 17.5 Å². The first kappa shape index (κ1) is 36.0. The number of benzene rings is 10. The topological polar surface area (TPSA) is 56.7 Å². The van der Waals surface area contributed by atoms with E-state index < -0.39 is 0 Å². The molecule has 298 valence electrons. The van der Waals surface area contributed by atoms with Crippen LogP contribution in [-0.2, 0) is 0 Å². The fourth-order valence-corrected chi connectivity index (χ4v) is 9.68. The molecular formula is C59H36N4O. The molecule has 5 heteroatoms. The van der Waals surface area contributed by atoms with E-state index in [9.17, 15) is 0 Å². The Morgan fingerprint density at radius 2 is 0.859 bits per heavy atom. The van der Waals surface area contributed by atoms with Crippen molar-refractivity contribution in [2.24, 2.45) is 0 Å². The van der Waals surface area contributed by atoms with Gasteiger partial charge in [0.2, 0.25) is 0 Å². The summed E-state index contributed by atoms with van der Waals surface area (Å²) >= 11 is 0. The Morgan fingerprint density at radius 3 is 1.59 bits per heavy atom. The Balaban J connectivity index is 1.04. The lowest BCUT2D eigenvalue weighted by atomic mass is 9.97. The molecule has 3 aromatic heterocycles. The molecule has 0 bridgehead atoms. The van der Waals surface area contributed by atoms with Crippen LogP contribution in [0.2, 0.25) is 0 Å². The van der Waals surface area contributed by atoms with Crippen molar-refractivity contribution in [1.82, 2.24) is 19.5 Å². The second-order valence-electron chi connectivity index (χ2n) is 16.3. The minimum absolute atomic E-state index is 0.601. The Labute approximate surface area is 368 Å². The summed E-state index contributed by atoms with van der Waals surface area (Å²) in [4.78, 5) is 15.4. The lowest BCUT2D eigenvalue weighted by molar-refractivity contribution is 0.670. The van der Waals surface area contributed by atoms with Crippen LogP contribution in [0, 0.1) is 0 Å². The summed E-state index contributed by atoms with van der Waals surface area (Å²) in [7, 11) is 0. The molecule has 5 nitrogen and oxygen atoms in total. The van der Waals surface area contributed by atoms with Crippen molar-refractivity contribution in [3.05, 3.63) is 218 Å². The quantitative estimate of drug-likeness (QED) is 0.168. The molecule has 0 radical (unpaired) electrons. The Hall–Kier alpha value is -8.67. The van der Waals surface area contributed by atoms with Crippen LogP contribution in [0.25, 0.3) is 127 Å². The highest BCUT2D eigenvalue weighted by Gasteiger charge is 2.22. The van der Waals surface area contributed by atoms with Gasteiger partial charge in [-0.05, 0) is 56.9 Å². The highest BCUT2D eigenvalue weighted by atomic mass is 16.3. The van der Waals surface area contributed by atoms with Crippen molar-refractivity contribution in [3.63, 3.8) is 0 Å². The molecule has 0 aliphatic rings. The highest BCUT2D eigenvalue weighted by molar-refractivity contribution is 6.25. The van der Waals surface area contributed by atoms with Gasteiger partial charge in [0.1, 0.15) is 11.2 Å². The van der Waals surface area contributed by atoms with Crippen LogP contribution in [0.3, 0.4) is 0 Å². The van der Waals surface area contributed by atoms with Crippen LogP contribution < -0.4 is 0 Å². The summed E-state index contributed by atoms with van der Waals surface area (Å²) in [5, 5.41) is 9.40. The molecule has 0 saturated heterocycles. The molecule has 0 aliphatic heterocycles. The van der Waals surface area contributed by atoms with Gasteiger partial charge in [0.05, 0.1) is 11.0 Å². The largest absolute Gasteiger partial charge is 0.455 e. The molecule has 0 amide bonds. The molecule has 0 atom stereocenters. The average molecular weight is 817 g/mol. The first-order chi connectivity index (χ1) is 31.7. The third kappa shape index (κ3) is 5.75. The van der Waals surface area contributed by atoms with Gasteiger partial charge in [-0.25, -0.2) is 15.0 Å². The molecule has 0 aliphatic carbocycles. The summed E-state index contributed by atoms with van der Waals surface area (Å²) in [6, 6.07) is 76.8. The second-order valence-corrected chi connectivity index (χ2v) is 16.3. The minimum Gasteiger partial charge on any atom is -0.455 e. The van der Waals surface area contributed by atoms with E-state index in [1.807, 2.05) is 36.4 Å². The molecule has 10 aromatic carbocycles. The van der Waals surface area contributed by atoms with E-state index in [2.05, 4.69) is 187 Å². The average Bonchev–Trinajstić information content (AvgIpc) is 3.94. The van der Waals surface area contributed by atoms with E-state index in [-0.39, 0.29) is 0 Å². The standard InChI is InChI=1S/C59H36N4O/c1-3-14-37(15-4-1)38-28-30-42(31-29-38)58-60-57(41-18-5-2-6-19-41)61-59(62-58)43-20-11-21-44(36-43)63-51-34-32-39-16-7-9-22-45(39)53(51)49-26-12-24-47(55(49)63)48-25-13-27-50-54-46-23-10-8-17-40(46)33-35-52(54)64-56(48)50/h1-36H. The predicted octanol–water partition coefficient (Wildman–Crippen LogP) is 15.5. The van der Waals surface area contributed by atoms with E-state index in [0.717, 1.165) is 77.6 Å². The maximum Gasteiger partial charge on any atom is 0.164 e. The number of nitrogens with zero attached hydrogens (tertiary/aromatic N) is 4. The van der Waals surface area contributed by atoms with Crippen molar-refractivity contribution in [2.75, 3.05) is 0 Å². The molecular weight excluding hydrogens is 781 g/mol. The Morgan fingerprint density at radius 1 is 0.344 bits per heavy atom. The second kappa shape index (κ2) is 14.5. The van der Waals surface area contributed by atoms with Gasteiger partial charge in [-0.15, -0.1) is 0 Å². The summed E-state index contributed by atoms with van der Waals surface area (Å²) < 4.78 is 9.27. The summed E-state index contributed by atoms with van der Waals surface area (Å²) in [5.74, 6) is 1.84. The molecule has 13 rings (SSSR count). The van der Waals surface area contributed by atoms with Gasteiger partial charge in [-0.1, -0.05) is 194 Å². The van der Waals surface area contributed by atoms with Gasteiger partial charge < -0.3 is 8.98 Å². The zero-order valence-corrected chi connectivity index (χ0v) is 34.5. The molecule has 0 fully saturated rings. The number of furan rings is 1. The van der Waals surface area contributed by atoms with Crippen molar-refractivity contribution >= 4 is 65.3 Å². The van der Waals surface area contributed by atoms with Crippen LogP contribution in [0.4, 0.5) is 0 Å². The Bertz CT molecular complexity index is 3940. The van der Waals surface area contributed by atoms with E-state index in [1.165, 1.54) is 32.3 Å². The van der Waals surface area contributed by atoms with Crippen LogP contribution in [0.1, 0.15) is 0 Å². The zero-order chi connectivity index (χ0) is 42.1. The highest BCUT2D eigenvalue weighted by Crippen LogP contribution is 2.45. The van der Waals surface area contributed by atoms with E-state index >= 15 is 0 Å². The summed E-state index contributed by atoms with van der Waals surface area (Å²) in [6.07, 6.45) is 0. The monoisotopic (exact) mass is 816 g/mol. The third-order valence-corrected chi connectivity index (χ3v) is 12.6. The summed E-state index contributed by atoms with van der Waals surface area (Å²) in [6.45, 7) is 0. The fraction of sp³-hybridized carbons (Fsp3) is 0. The van der Waals surface area contributed by atoms with Gasteiger partial charge in [0, 0.05) is 55.0 Å². The maximum absolute atomic E-state index is 6.85. The predicted molar refractivity (Wildman–Crippen MR) is 264 cm³/mol. The molecule has 13 aromatic rings. The molecule has 0 saturated carbocycles. The zero-order valence-electron chi connectivity index (χ0n) is 34.5. The smallest absolute Gasteiger partial charge is 0.164 e. The number of para-hydroxylation sites is 2. The van der Waals surface area contributed by atoms with Crippen molar-refractivity contribution in [3.8, 4) is 62.1 Å². The maximum atomic E-state index is 6.85. The van der Waals surface area contributed by atoms with E-state index in [1.54, 1.807) is 0 Å². The van der Waals surface area contributed by atoms with Gasteiger partial charge in [0.25, 0.3) is 0 Å². The number of hydrogen-bond donors (Lipinski definition) is 0. The van der Waals surface area contributed by atoms with E-state index in [4.69, 9.17) is 19.4 Å². The fourth-order valence-electron chi connectivity index (χ4n) is 9.68. The van der Waals surface area contributed by atoms with Crippen LogP contribution in [0.5, 0.6) is 0 Å². The van der Waals surface area contributed by atoms with Gasteiger partial charge in [-0.3, -0.25) is 0 Å². The van der Waals surface area contributed by atoms with Gasteiger partial charge >= 0.3 is 0 Å². The first-order valence-electron chi connectivity index (χ1n) is 21.6. The SMILES string of the molecule is c1ccc(-c2ccc(-c3nc(-c4ccccc4)nc(-c4cccc(-n5c6ccc7ccccc7c6c6cccc(-c7cccc8c7oc7ccc9ccccc9c78)c65)c4)n3)cc2)cc1. The number of aromatic nitrogens is 4. The van der Waals surface area contributed by atoms with Crippen molar-refractivity contribution < 1.29 is 4.42 Å². The van der Waals surface area contributed by atoms with Crippen LogP contribution in [-0.4, -0.2) is 19.5 Å². The lowest BCUT2D eigenvalue weighted by Crippen LogP contribution is -2.01. The molecule has 0 unspecified atom stereocenters. The number of hydrogen-bond acceptors (Lipinski definition) is 4. The molecule has 3 heterocycles. The van der Waals surface area contributed by atoms with Gasteiger partial charge in [-0.2, -0.15) is 0 Å². The van der Waals surface area contributed by atoms with Crippen LogP contribution >= 0.6 is 0 Å². The summed E-state index contributed by atoms with van der Waals surface area (Å²) in [5.41, 5.74) is 12.1. The van der Waals surface area contributed by atoms with Crippen molar-refractivity contribution in [1.29, 1.82) is 0 Å². The van der Waals surface area contributed by atoms with Crippen LogP contribution in [0.15, 0.2) is 223 Å². The van der Waals surface area contributed by atoms with Gasteiger partial charge in [0.15, 0.2) is 17.5 Å².